The molecule has 12 aromatic rings. The van der Waals surface area contributed by atoms with Gasteiger partial charge in [-0.05, 0) is 116 Å². The van der Waals surface area contributed by atoms with Crippen LogP contribution in [0.1, 0.15) is 51.7 Å². The first-order valence-corrected chi connectivity index (χ1v) is 22.6. The first kappa shape index (κ1) is 37.0. The van der Waals surface area contributed by atoms with Gasteiger partial charge in [0.2, 0.25) is 5.95 Å². The Bertz CT molecular complexity index is 3880. The van der Waals surface area contributed by atoms with Gasteiger partial charge in [0.15, 0.2) is 0 Å². The molecule has 0 saturated carbocycles. The van der Waals surface area contributed by atoms with Crippen molar-refractivity contribution in [3.8, 4) is 34.0 Å². The Morgan fingerprint density at radius 1 is 0.406 bits per heavy atom. The first-order chi connectivity index (χ1) is 31.2. The van der Waals surface area contributed by atoms with Gasteiger partial charge in [-0.3, -0.25) is 4.57 Å². The van der Waals surface area contributed by atoms with Crippen LogP contribution in [-0.4, -0.2) is 19.1 Å². The third kappa shape index (κ3) is 5.35. The maximum atomic E-state index is 5.64. The van der Waals surface area contributed by atoms with E-state index in [4.69, 9.17) is 9.97 Å². The van der Waals surface area contributed by atoms with E-state index in [1.165, 1.54) is 76.4 Å². The highest BCUT2D eigenvalue weighted by molar-refractivity contribution is 6.33. The number of rotatable bonds is 4. The maximum Gasteiger partial charge on any atom is 0.235 e. The molecular weight excluding hydrogens is 777 g/mol. The molecule has 64 heavy (non-hydrogen) atoms. The summed E-state index contributed by atoms with van der Waals surface area (Å²) in [4.78, 5) is 11.1. The Labute approximate surface area is 372 Å². The SMILES string of the molecule is CC1(C)CCC(C)(C)c2cc3c(cc21)c1c2c4c5ccccc5ccc4n(-c4ccccc4)c2ccc1n3-c1nc(-c2ccc(-c3cccc4ccccc34)cc2)c2ccccc2n1. The van der Waals surface area contributed by atoms with E-state index in [0.717, 1.165) is 51.7 Å². The van der Waals surface area contributed by atoms with Gasteiger partial charge < -0.3 is 4.57 Å². The second-order valence-electron chi connectivity index (χ2n) is 19.2. The van der Waals surface area contributed by atoms with E-state index in [2.05, 4.69) is 219 Å². The molecule has 0 aliphatic heterocycles. The number of fused-ring (bicyclic) bond motifs is 12. The number of aromatic nitrogens is 4. The van der Waals surface area contributed by atoms with Gasteiger partial charge in [0.1, 0.15) is 0 Å². The van der Waals surface area contributed by atoms with Crippen molar-refractivity contribution in [3.05, 3.63) is 193 Å². The minimum atomic E-state index is 0.0103. The average molecular weight is 823 g/mol. The minimum absolute atomic E-state index is 0.0103. The van der Waals surface area contributed by atoms with E-state index < -0.39 is 0 Å². The van der Waals surface area contributed by atoms with Gasteiger partial charge in [0.05, 0.1) is 33.3 Å². The van der Waals surface area contributed by atoms with Crippen LogP contribution >= 0.6 is 0 Å². The third-order valence-corrected chi connectivity index (χ3v) is 14.6. The van der Waals surface area contributed by atoms with Crippen molar-refractivity contribution in [3.63, 3.8) is 0 Å². The quantitative estimate of drug-likeness (QED) is 0.177. The standard InChI is InChI=1S/C60H46N4/c1-59(2)33-34-60(3,4)48-36-53-46(35-47(48)59)55-51(31-32-52-56(55)54-44-21-11-9-16-38(44)29-30-50(54)63(52)41-18-6-5-7-19-41)64(53)58-61-49-24-13-12-22-45(49)57(62-58)40-27-25-39(26-28-40)43-23-14-17-37-15-8-10-20-42(37)43/h5-32,35-36H,33-34H2,1-4H3. The minimum Gasteiger partial charge on any atom is -0.309 e. The molecule has 0 spiro atoms. The largest absolute Gasteiger partial charge is 0.309 e. The zero-order valence-corrected chi connectivity index (χ0v) is 36.5. The Morgan fingerprint density at radius 2 is 0.969 bits per heavy atom. The van der Waals surface area contributed by atoms with Crippen LogP contribution in [0.3, 0.4) is 0 Å². The molecule has 0 unspecified atom stereocenters. The van der Waals surface area contributed by atoms with Gasteiger partial charge in [-0.2, -0.15) is 0 Å². The molecule has 306 valence electrons. The molecule has 0 fully saturated rings. The van der Waals surface area contributed by atoms with Gasteiger partial charge in [0.25, 0.3) is 0 Å². The molecule has 0 radical (unpaired) electrons. The predicted molar refractivity (Wildman–Crippen MR) is 269 cm³/mol. The van der Waals surface area contributed by atoms with Crippen molar-refractivity contribution >= 4 is 76.1 Å². The Morgan fingerprint density at radius 3 is 1.73 bits per heavy atom. The molecule has 4 heteroatoms. The van der Waals surface area contributed by atoms with Crippen molar-refractivity contribution in [1.29, 1.82) is 0 Å². The van der Waals surface area contributed by atoms with Crippen molar-refractivity contribution in [2.24, 2.45) is 0 Å². The molecule has 0 atom stereocenters. The molecule has 9 aromatic carbocycles. The summed E-state index contributed by atoms with van der Waals surface area (Å²) in [7, 11) is 0. The molecular formula is C60H46N4. The number of nitrogens with zero attached hydrogens (tertiary/aromatic N) is 4. The molecule has 13 rings (SSSR count). The molecule has 4 nitrogen and oxygen atoms in total. The van der Waals surface area contributed by atoms with E-state index in [-0.39, 0.29) is 10.8 Å². The van der Waals surface area contributed by atoms with Gasteiger partial charge in [-0.15, -0.1) is 0 Å². The van der Waals surface area contributed by atoms with Crippen molar-refractivity contribution in [2.45, 2.75) is 51.4 Å². The summed E-state index contributed by atoms with van der Waals surface area (Å²) in [6.07, 6.45) is 2.27. The number of benzene rings is 9. The van der Waals surface area contributed by atoms with Gasteiger partial charge in [-0.1, -0.05) is 161 Å². The molecule has 0 amide bonds. The third-order valence-electron chi connectivity index (χ3n) is 14.6. The first-order valence-electron chi connectivity index (χ1n) is 22.6. The highest BCUT2D eigenvalue weighted by Gasteiger charge is 2.38. The Hall–Kier alpha value is -7.56. The van der Waals surface area contributed by atoms with Gasteiger partial charge in [-0.25, -0.2) is 9.97 Å². The van der Waals surface area contributed by atoms with Crippen molar-refractivity contribution < 1.29 is 0 Å². The van der Waals surface area contributed by atoms with Gasteiger partial charge in [0, 0.05) is 38.2 Å². The van der Waals surface area contributed by atoms with Crippen molar-refractivity contribution in [2.75, 3.05) is 0 Å². The molecule has 0 N–H and O–H groups in total. The highest BCUT2D eigenvalue weighted by Crippen LogP contribution is 2.51. The molecule has 1 aliphatic rings. The Balaban J connectivity index is 1.14. The molecule has 0 bridgehead atoms. The fourth-order valence-corrected chi connectivity index (χ4v) is 11.2. The summed E-state index contributed by atoms with van der Waals surface area (Å²) >= 11 is 0. The fraction of sp³-hybridized carbons (Fsp3) is 0.133. The van der Waals surface area contributed by atoms with Crippen LogP contribution < -0.4 is 0 Å². The number of hydrogen-bond acceptors (Lipinski definition) is 2. The Kier molecular flexibility index (Phi) is 7.80. The zero-order chi connectivity index (χ0) is 42.9. The van der Waals surface area contributed by atoms with Gasteiger partial charge >= 0.3 is 0 Å². The summed E-state index contributed by atoms with van der Waals surface area (Å²) in [6.45, 7) is 9.70. The smallest absolute Gasteiger partial charge is 0.235 e. The molecule has 3 heterocycles. The van der Waals surface area contributed by atoms with Crippen LogP contribution in [0.25, 0.3) is 110 Å². The predicted octanol–water partition coefficient (Wildman–Crippen LogP) is 15.8. The molecule has 3 aromatic heterocycles. The summed E-state index contributed by atoms with van der Waals surface area (Å²) in [5.41, 5.74) is 14.0. The lowest BCUT2D eigenvalue weighted by molar-refractivity contribution is 0.332. The van der Waals surface area contributed by atoms with Crippen LogP contribution in [0, 0.1) is 0 Å². The van der Waals surface area contributed by atoms with E-state index in [0.29, 0.717) is 5.95 Å². The second kappa shape index (κ2) is 13.5. The summed E-state index contributed by atoms with van der Waals surface area (Å²) in [5.74, 6) is 0.677. The topological polar surface area (TPSA) is 35.6 Å². The lowest BCUT2D eigenvalue weighted by Crippen LogP contribution is -2.33. The van der Waals surface area contributed by atoms with Crippen LogP contribution in [0.15, 0.2) is 182 Å². The van der Waals surface area contributed by atoms with Crippen LogP contribution in [-0.2, 0) is 10.8 Å². The van der Waals surface area contributed by atoms with E-state index >= 15 is 0 Å². The normalized spacial score (nSPS) is 14.7. The molecule has 1 aliphatic carbocycles. The number of para-hydroxylation sites is 2. The van der Waals surface area contributed by atoms with Crippen molar-refractivity contribution in [1.82, 2.24) is 19.1 Å². The summed E-state index contributed by atoms with van der Waals surface area (Å²) < 4.78 is 4.83. The monoisotopic (exact) mass is 822 g/mol. The lowest BCUT2D eigenvalue weighted by atomic mass is 9.63. The van der Waals surface area contributed by atoms with Crippen LogP contribution in [0.2, 0.25) is 0 Å². The van der Waals surface area contributed by atoms with E-state index in [1.54, 1.807) is 0 Å². The highest BCUT2D eigenvalue weighted by atomic mass is 15.2. The second-order valence-corrected chi connectivity index (χ2v) is 19.2. The van der Waals surface area contributed by atoms with E-state index in [1.807, 2.05) is 0 Å². The lowest BCUT2D eigenvalue weighted by Gasteiger charge is -2.42. The summed E-state index contributed by atoms with van der Waals surface area (Å²) in [5, 5.41) is 11.0. The number of hydrogen-bond donors (Lipinski definition) is 0. The summed E-state index contributed by atoms with van der Waals surface area (Å²) in [6, 6.07) is 66.6. The molecule has 0 saturated heterocycles. The van der Waals surface area contributed by atoms with Crippen LogP contribution in [0.4, 0.5) is 0 Å². The average Bonchev–Trinajstić information content (AvgIpc) is 3.85. The maximum absolute atomic E-state index is 5.64. The van der Waals surface area contributed by atoms with Crippen LogP contribution in [0.5, 0.6) is 0 Å². The van der Waals surface area contributed by atoms with E-state index in [9.17, 15) is 0 Å². The fourth-order valence-electron chi connectivity index (χ4n) is 11.2. The zero-order valence-electron chi connectivity index (χ0n) is 36.5.